The molecule has 1 amide bonds. The molecule has 2 N–H and O–H groups in total. The summed E-state index contributed by atoms with van der Waals surface area (Å²) in [4.78, 5) is 17.7. The minimum atomic E-state index is -0.282. The standard InChI is InChI=1S/C25H35N3O.2ClH/c1-18-15-28(17-21-11-7-5-8-12-21)16-19(2)24(18)27(4)25(29)20(3)23(26)22-13-9-6-10-14-22;;/h5-14,18-20,23-24H,15-17,26H2,1-4H3;2*1H. The Kier molecular flexibility index (Phi) is 11.0. The van der Waals surface area contributed by atoms with Gasteiger partial charge in [-0.2, -0.15) is 0 Å². The van der Waals surface area contributed by atoms with E-state index in [1.54, 1.807) is 0 Å². The summed E-state index contributed by atoms with van der Waals surface area (Å²) in [5.41, 5.74) is 8.79. The monoisotopic (exact) mass is 465 g/mol. The van der Waals surface area contributed by atoms with Crippen molar-refractivity contribution in [3.05, 3.63) is 71.8 Å². The van der Waals surface area contributed by atoms with Crippen LogP contribution in [0.4, 0.5) is 0 Å². The van der Waals surface area contributed by atoms with Gasteiger partial charge in [-0.1, -0.05) is 81.4 Å². The van der Waals surface area contributed by atoms with Gasteiger partial charge in [-0.25, -0.2) is 0 Å². The fraction of sp³-hybridized carbons (Fsp3) is 0.480. The Labute approximate surface area is 200 Å². The Morgan fingerprint density at radius 3 is 2.00 bits per heavy atom. The number of amides is 1. The van der Waals surface area contributed by atoms with Crippen molar-refractivity contribution in [3.63, 3.8) is 0 Å². The first-order valence-electron chi connectivity index (χ1n) is 10.7. The summed E-state index contributed by atoms with van der Waals surface area (Å²) in [7, 11) is 1.96. The SMILES string of the molecule is CC1CN(Cc2ccccc2)CC(C)C1N(C)C(=O)C(C)C(N)c1ccccc1.Cl.Cl. The number of nitrogens with two attached hydrogens (primary N) is 1. The topological polar surface area (TPSA) is 49.6 Å². The first-order valence-corrected chi connectivity index (χ1v) is 10.7. The van der Waals surface area contributed by atoms with E-state index in [0.29, 0.717) is 11.8 Å². The minimum Gasteiger partial charge on any atom is -0.342 e. The number of halogens is 2. The second kappa shape index (κ2) is 12.4. The van der Waals surface area contributed by atoms with Crippen LogP contribution in [0.15, 0.2) is 60.7 Å². The van der Waals surface area contributed by atoms with Gasteiger partial charge >= 0.3 is 0 Å². The Morgan fingerprint density at radius 1 is 1.00 bits per heavy atom. The number of carbonyl (C=O) groups is 1. The number of likely N-dealkylation sites (tertiary alicyclic amines) is 1. The molecule has 0 saturated carbocycles. The predicted molar refractivity (Wildman–Crippen MR) is 134 cm³/mol. The van der Waals surface area contributed by atoms with Crippen LogP contribution in [0.2, 0.25) is 0 Å². The van der Waals surface area contributed by atoms with Crippen molar-refractivity contribution in [2.45, 2.75) is 39.4 Å². The van der Waals surface area contributed by atoms with Crippen molar-refractivity contribution in [1.82, 2.24) is 9.80 Å². The van der Waals surface area contributed by atoms with E-state index < -0.39 is 0 Å². The summed E-state index contributed by atoms with van der Waals surface area (Å²) in [6.45, 7) is 9.46. The zero-order valence-corrected chi connectivity index (χ0v) is 20.6. The molecular weight excluding hydrogens is 429 g/mol. The molecule has 0 aromatic heterocycles. The molecule has 4 atom stereocenters. The van der Waals surface area contributed by atoms with Crippen LogP contribution in [-0.2, 0) is 11.3 Å². The highest BCUT2D eigenvalue weighted by atomic mass is 35.5. The molecular formula is C25H37Cl2N3O. The average molecular weight is 466 g/mol. The molecule has 1 aliphatic heterocycles. The smallest absolute Gasteiger partial charge is 0.227 e. The maximum atomic E-state index is 13.3. The summed E-state index contributed by atoms with van der Waals surface area (Å²) in [5, 5.41) is 0. The lowest BCUT2D eigenvalue weighted by molar-refractivity contribution is -0.140. The molecule has 0 bridgehead atoms. The van der Waals surface area contributed by atoms with Gasteiger partial charge < -0.3 is 10.6 Å². The molecule has 2 aromatic rings. The third-order valence-corrected chi connectivity index (χ3v) is 6.41. The first-order chi connectivity index (χ1) is 13.9. The van der Waals surface area contributed by atoms with Gasteiger partial charge in [0.25, 0.3) is 0 Å². The Balaban J connectivity index is 0.00000240. The lowest BCUT2D eigenvalue weighted by atomic mass is 9.83. The fourth-order valence-electron chi connectivity index (χ4n) is 4.99. The molecule has 6 heteroatoms. The van der Waals surface area contributed by atoms with Crippen molar-refractivity contribution < 1.29 is 4.79 Å². The highest BCUT2D eigenvalue weighted by Gasteiger charge is 2.38. The van der Waals surface area contributed by atoms with Gasteiger partial charge in [0.1, 0.15) is 0 Å². The van der Waals surface area contributed by atoms with E-state index in [-0.39, 0.29) is 48.7 Å². The Hall–Kier alpha value is -1.59. The molecule has 3 rings (SSSR count). The third-order valence-electron chi connectivity index (χ3n) is 6.41. The molecule has 4 nitrogen and oxygen atoms in total. The highest BCUT2D eigenvalue weighted by Crippen LogP contribution is 2.30. The van der Waals surface area contributed by atoms with Gasteiger partial charge in [0.15, 0.2) is 0 Å². The molecule has 1 fully saturated rings. The van der Waals surface area contributed by atoms with E-state index in [9.17, 15) is 4.79 Å². The van der Waals surface area contributed by atoms with Gasteiger partial charge in [0.2, 0.25) is 5.91 Å². The molecule has 1 aliphatic rings. The molecule has 1 heterocycles. The lowest BCUT2D eigenvalue weighted by Crippen LogP contribution is -2.56. The maximum absolute atomic E-state index is 13.3. The molecule has 4 unspecified atom stereocenters. The van der Waals surface area contributed by atoms with E-state index in [4.69, 9.17) is 5.73 Å². The van der Waals surface area contributed by atoms with Crippen LogP contribution in [0.5, 0.6) is 0 Å². The number of rotatable bonds is 6. The van der Waals surface area contributed by atoms with Gasteiger partial charge in [0, 0.05) is 38.8 Å². The third kappa shape index (κ3) is 6.69. The average Bonchev–Trinajstić information content (AvgIpc) is 2.73. The zero-order valence-electron chi connectivity index (χ0n) is 19.0. The lowest BCUT2D eigenvalue weighted by Gasteiger charge is -2.46. The van der Waals surface area contributed by atoms with Crippen molar-refractivity contribution in [3.8, 4) is 0 Å². The van der Waals surface area contributed by atoms with E-state index in [1.165, 1.54) is 5.56 Å². The summed E-state index contributed by atoms with van der Waals surface area (Å²) < 4.78 is 0. The Morgan fingerprint density at radius 2 is 1.48 bits per heavy atom. The van der Waals surface area contributed by atoms with Gasteiger partial charge in [-0.3, -0.25) is 9.69 Å². The number of carbonyl (C=O) groups excluding carboxylic acids is 1. The highest BCUT2D eigenvalue weighted by molar-refractivity contribution is 5.85. The van der Waals surface area contributed by atoms with Crippen LogP contribution >= 0.6 is 24.8 Å². The van der Waals surface area contributed by atoms with E-state index >= 15 is 0 Å². The maximum Gasteiger partial charge on any atom is 0.227 e. The number of benzene rings is 2. The van der Waals surface area contributed by atoms with Crippen LogP contribution < -0.4 is 5.73 Å². The van der Waals surface area contributed by atoms with Crippen LogP contribution in [-0.4, -0.2) is 41.9 Å². The molecule has 0 radical (unpaired) electrons. The van der Waals surface area contributed by atoms with Gasteiger partial charge in [-0.05, 0) is 23.0 Å². The van der Waals surface area contributed by atoms with Crippen LogP contribution in [0.3, 0.4) is 0 Å². The van der Waals surface area contributed by atoms with E-state index in [1.807, 2.05) is 49.2 Å². The summed E-state index contributed by atoms with van der Waals surface area (Å²) >= 11 is 0. The molecule has 31 heavy (non-hydrogen) atoms. The number of piperidine rings is 1. The number of nitrogens with zero attached hydrogens (tertiary/aromatic N) is 2. The second-order valence-corrected chi connectivity index (χ2v) is 8.80. The number of hydrogen-bond acceptors (Lipinski definition) is 3. The molecule has 1 saturated heterocycles. The van der Waals surface area contributed by atoms with Crippen molar-refractivity contribution in [1.29, 1.82) is 0 Å². The molecule has 172 valence electrons. The molecule has 0 spiro atoms. The first kappa shape index (κ1) is 27.4. The van der Waals surface area contributed by atoms with Gasteiger partial charge in [0.05, 0.1) is 5.92 Å². The predicted octanol–water partition coefficient (Wildman–Crippen LogP) is 4.78. The van der Waals surface area contributed by atoms with E-state index in [2.05, 4.69) is 49.1 Å². The summed E-state index contributed by atoms with van der Waals surface area (Å²) in [6.07, 6.45) is 0. The summed E-state index contributed by atoms with van der Waals surface area (Å²) in [5.74, 6) is 0.721. The largest absolute Gasteiger partial charge is 0.342 e. The fourth-order valence-corrected chi connectivity index (χ4v) is 4.99. The van der Waals surface area contributed by atoms with Crippen LogP contribution in [0.1, 0.15) is 37.9 Å². The molecule has 0 aliphatic carbocycles. The van der Waals surface area contributed by atoms with Crippen LogP contribution in [0, 0.1) is 17.8 Å². The van der Waals surface area contributed by atoms with Crippen molar-refractivity contribution in [2.75, 3.05) is 20.1 Å². The zero-order chi connectivity index (χ0) is 21.0. The second-order valence-electron chi connectivity index (χ2n) is 8.80. The van der Waals surface area contributed by atoms with Crippen molar-refractivity contribution >= 4 is 30.7 Å². The summed E-state index contributed by atoms with van der Waals surface area (Å²) in [6, 6.07) is 20.5. The minimum absolute atomic E-state index is 0. The van der Waals surface area contributed by atoms with Gasteiger partial charge in [-0.15, -0.1) is 24.8 Å². The van der Waals surface area contributed by atoms with E-state index in [0.717, 1.165) is 25.2 Å². The quantitative estimate of drug-likeness (QED) is 0.667. The normalized spacial score (nSPS) is 23.1. The Bertz CT molecular complexity index is 778. The molecule has 2 aromatic carbocycles. The van der Waals surface area contributed by atoms with Crippen molar-refractivity contribution in [2.24, 2.45) is 23.5 Å². The van der Waals surface area contributed by atoms with Crippen LogP contribution in [0.25, 0.3) is 0 Å². The number of hydrogen-bond donors (Lipinski definition) is 1.